The first-order chi connectivity index (χ1) is 16.2. The van der Waals surface area contributed by atoms with Gasteiger partial charge in [0.1, 0.15) is 5.82 Å². The van der Waals surface area contributed by atoms with Gasteiger partial charge in [0.2, 0.25) is 5.95 Å². The molecule has 1 saturated heterocycles. The summed E-state index contributed by atoms with van der Waals surface area (Å²) in [5.41, 5.74) is 7.64. The van der Waals surface area contributed by atoms with Gasteiger partial charge in [0.05, 0.1) is 19.7 Å². The highest BCUT2D eigenvalue weighted by molar-refractivity contribution is 7.83. The van der Waals surface area contributed by atoms with Crippen molar-refractivity contribution in [3.8, 4) is 11.5 Å². The van der Waals surface area contributed by atoms with Crippen molar-refractivity contribution in [2.24, 2.45) is 0 Å². The van der Waals surface area contributed by atoms with Crippen molar-refractivity contribution in [2.75, 3.05) is 51.5 Å². The molecule has 3 aromatic rings. The van der Waals surface area contributed by atoms with Gasteiger partial charge in [-0.3, -0.25) is 4.55 Å². The summed E-state index contributed by atoms with van der Waals surface area (Å²) in [6, 6.07) is 13.5. The molecule has 182 valence electrons. The van der Waals surface area contributed by atoms with Crippen LogP contribution in [0.15, 0.2) is 42.5 Å². The quantitative estimate of drug-likeness (QED) is 0.483. The molecule has 0 amide bonds. The molecule has 2 heterocycles. The second kappa shape index (κ2) is 9.24. The molecule has 0 atom stereocenters. The maximum absolute atomic E-state index is 11.7. The molecular formula is C23H29N5O5S. The first kappa shape index (κ1) is 24.0. The Hall–Kier alpha value is -3.15. The number of methoxy groups -OCH3 is 2. The van der Waals surface area contributed by atoms with Crippen LogP contribution in [0.1, 0.15) is 18.4 Å². The van der Waals surface area contributed by atoms with Gasteiger partial charge < -0.3 is 20.1 Å². The van der Waals surface area contributed by atoms with E-state index in [1.807, 2.05) is 42.3 Å². The molecule has 0 bridgehead atoms. The van der Waals surface area contributed by atoms with Crippen LogP contribution in [0.25, 0.3) is 10.9 Å². The van der Waals surface area contributed by atoms with Crippen LogP contribution >= 0.6 is 0 Å². The number of rotatable bonds is 7. The number of hydrogen-bond donors (Lipinski definition) is 2. The third-order valence-corrected chi connectivity index (χ3v) is 7.51. The summed E-state index contributed by atoms with van der Waals surface area (Å²) in [7, 11) is 0.779. The van der Waals surface area contributed by atoms with E-state index in [1.165, 1.54) is 0 Å². The lowest BCUT2D eigenvalue weighted by atomic mass is 9.73. The molecule has 1 aromatic heterocycles. The number of nitrogens with two attached hydrogens (primary N) is 1. The van der Waals surface area contributed by atoms with Crippen LogP contribution in [-0.2, 0) is 15.7 Å². The van der Waals surface area contributed by atoms with Gasteiger partial charge >= 0.3 is 10.3 Å². The Kier molecular flexibility index (Phi) is 6.52. The fourth-order valence-electron chi connectivity index (χ4n) is 4.64. The second-order valence-corrected chi connectivity index (χ2v) is 9.92. The average molecular weight is 488 g/mol. The van der Waals surface area contributed by atoms with E-state index in [2.05, 4.69) is 4.98 Å². The maximum atomic E-state index is 11.7. The fraction of sp³-hybridized carbons (Fsp3) is 0.391. The van der Waals surface area contributed by atoms with Crippen molar-refractivity contribution in [1.82, 2.24) is 14.3 Å². The summed E-state index contributed by atoms with van der Waals surface area (Å²) in [6.45, 7) is 0.979. The predicted molar refractivity (Wildman–Crippen MR) is 131 cm³/mol. The van der Waals surface area contributed by atoms with Gasteiger partial charge in [0.15, 0.2) is 11.5 Å². The highest BCUT2D eigenvalue weighted by atomic mass is 32.2. The summed E-state index contributed by atoms with van der Waals surface area (Å²) < 4.78 is 44.7. The van der Waals surface area contributed by atoms with Crippen molar-refractivity contribution in [3.63, 3.8) is 0 Å². The molecule has 1 fully saturated rings. The van der Waals surface area contributed by atoms with Crippen LogP contribution < -0.4 is 20.1 Å². The van der Waals surface area contributed by atoms with E-state index in [-0.39, 0.29) is 18.5 Å². The summed E-state index contributed by atoms with van der Waals surface area (Å²) in [5, 5.41) is 0.661. The van der Waals surface area contributed by atoms with Gasteiger partial charge in [-0.05, 0) is 24.5 Å². The third-order valence-electron chi connectivity index (χ3n) is 6.49. The maximum Gasteiger partial charge on any atom is 0.335 e. The Morgan fingerprint density at radius 2 is 1.71 bits per heavy atom. The molecule has 10 nitrogen and oxygen atoms in total. The molecule has 0 saturated carbocycles. The minimum Gasteiger partial charge on any atom is -0.493 e. The zero-order chi connectivity index (χ0) is 24.5. The highest BCUT2D eigenvalue weighted by Crippen LogP contribution is 2.38. The molecular weight excluding hydrogens is 458 g/mol. The third kappa shape index (κ3) is 4.59. The van der Waals surface area contributed by atoms with Gasteiger partial charge in [-0.1, -0.05) is 30.3 Å². The zero-order valence-electron chi connectivity index (χ0n) is 19.4. The van der Waals surface area contributed by atoms with E-state index in [4.69, 9.17) is 20.2 Å². The first-order valence-corrected chi connectivity index (χ1v) is 12.2. The zero-order valence-corrected chi connectivity index (χ0v) is 20.2. The summed E-state index contributed by atoms with van der Waals surface area (Å²) in [6.07, 6.45) is 1.07. The molecule has 1 aliphatic rings. The number of ether oxygens (including phenoxy) is 2. The second-order valence-electron chi connectivity index (χ2n) is 8.51. The minimum atomic E-state index is -4.22. The Bertz CT molecular complexity index is 1280. The van der Waals surface area contributed by atoms with Gasteiger partial charge in [0.25, 0.3) is 0 Å². The van der Waals surface area contributed by atoms with Gasteiger partial charge in [0, 0.05) is 43.5 Å². The van der Waals surface area contributed by atoms with Gasteiger partial charge in [-0.15, -0.1) is 0 Å². The lowest BCUT2D eigenvalue weighted by molar-refractivity contribution is 0.222. The largest absolute Gasteiger partial charge is 0.493 e. The van der Waals surface area contributed by atoms with E-state index < -0.39 is 10.3 Å². The number of nitrogens with zero attached hydrogens (tertiary/aromatic N) is 4. The summed E-state index contributed by atoms with van der Waals surface area (Å²) >= 11 is 0. The minimum absolute atomic E-state index is 0.222. The van der Waals surface area contributed by atoms with E-state index in [0.717, 1.165) is 9.87 Å². The van der Waals surface area contributed by atoms with Crippen molar-refractivity contribution < 1.29 is 22.4 Å². The van der Waals surface area contributed by atoms with E-state index in [9.17, 15) is 13.0 Å². The standard InChI is InChI=1S/C23H29N5O5S/c1-27(22-25-18-14-20(33-3)19(32-2)13-17(18)21(24)26-22)15-23(16-7-5-4-6-8-16)9-11-28(12-10-23)34(29,30)31/h4-8,13-14H,9-12,15H2,1-3H3,(H2,24,25,26)(H,29,30,31). The molecule has 3 N–H and O–H groups in total. The first-order valence-electron chi connectivity index (χ1n) is 10.9. The molecule has 11 heteroatoms. The Balaban J connectivity index is 1.69. The van der Waals surface area contributed by atoms with Gasteiger partial charge in [-0.2, -0.15) is 17.7 Å². The fourth-order valence-corrected chi connectivity index (χ4v) is 5.28. The van der Waals surface area contributed by atoms with Crippen LogP contribution in [0.2, 0.25) is 0 Å². The van der Waals surface area contributed by atoms with E-state index in [0.29, 0.717) is 53.6 Å². The molecule has 0 radical (unpaired) electrons. The van der Waals surface area contributed by atoms with E-state index >= 15 is 0 Å². The van der Waals surface area contributed by atoms with Crippen molar-refractivity contribution in [2.45, 2.75) is 18.3 Å². The molecule has 0 spiro atoms. The summed E-state index contributed by atoms with van der Waals surface area (Å²) in [5.74, 6) is 1.85. The average Bonchev–Trinajstić information content (AvgIpc) is 2.83. The molecule has 2 aromatic carbocycles. The van der Waals surface area contributed by atoms with Crippen LogP contribution in [0.4, 0.5) is 11.8 Å². The number of fused-ring (bicyclic) bond motifs is 1. The van der Waals surface area contributed by atoms with Crippen molar-refractivity contribution in [1.29, 1.82) is 0 Å². The van der Waals surface area contributed by atoms with Crippen molar-refractivity contribution in [3.05, 3.63) is 48.0 Å². The molecule has 34 heavy (non-hydrogen) atoms. The van der Waals surface area contributed by atoms with Crippen LogP contribution in [-0.4, -0.2) is 68.1 Å². The van der Waals surface area contributed by atoms with Crippen LogP contribution in [0, 0.1) is 0 Å². The Labute approximate surface area is 199 Å². The topological polar surface area (TPSA) is 131 Å². The van der Waals surface area contributed by atoms with Crippen molar-refractivity contribution >= 4 is 33.0 Å². The Morgan fingerprint density at radius 3 is 2.29 bits per heavy atom. The lowest BCUT2D eigenvalue weighted by Gasteiger charge is -2.43. The normalized spacial score (nSPS) is 16.4. The number of anilines is 2. The lowest BCUT2D eigenvalue weighted by Crippen LogP contribution is -2.50. The smallest absolute Gasteiger partial charge is 0.335 e. The number of aromatic nitrogens is 2. The Morgan fingerprint density at radius 1 is 1.09 bits per heavy atom. The van der Waals surface area contributed by atoms with E-state index in [1.54, 1.807) is 26.4 Å². The number of likely N-dealkylation sites (N-methyl/N-ethyl adjacent to an activating group) is 1. The van der Waals surface area contributed by atoms with Crippen LogP contribution in [0.3, 0.4) is 0 Å². The van der Waals surface area contributed by atoms with Gasteiger partial charge in [-0.25, -0.2) is 4.98 Å². The molecule has 4 rings (SSSR count). The number of piperidine rings is 1. The summed E-state index contributed by atoms with van der Waals surface area (Å²) in [4.78, 5) is 11.2. The molecule has 0 aliphatic carbocycles. The number of benzene rings is 2. The highest BCUT2D eigenvalue weighted by Gasteiger charge is 2.40. The predicted octanol–water partition coefficient (Wildman–Crippen LogP) is 2.50. The molecule has 0 unspecified atom stereocenters. The number of hydrogen-bond acceptors (Lipinski definition) is 8. The SMILES string of the molecule is COc1cc2nc(N(C)CC3(c4ccccc4)CCN(S(=O)(=O)O)CC3)nc(N)c2cc1OC. The van der Waals surface area contributed by atoms with Crippen LogP contribution in [0.5, 0.6) is 11.5 Å². The monoisotopic (exact) mass is 487 g/mol. The molecule has 1 aliphatic heterocycles. The number of nitrogen functional groups attached to an aromatic ring is 1.